The van der Waals surface area contributed by atoms with E-state index in [0.717, 1.165) is 38.7 Å². The van der Waals surface area contributed by atoms with Gasteiger partial charge in [-0.25, -0.2) is 0 Å². The zero-order valence-corrected chi connectivity index (χ0v) is 15.9. The molecule has 0 spiro atoms. The molecule has 25 heavy (non-hydrogen) atoms. The van der Waals surface area contributed by atoms with E-state index in [2.05, 4.69) is 28.2 Å². The number of carbonyl (C=O) groups is 1. The van der Waals surface area contributed by atoms with Gasteiger partial charge in [0.15, 0.2) is 0 Å². The fourth-order valence-corrected chi connectivity index (χ4v) is 3.29. The summed E-state index contributed by atoms with van der Waals surface area (Å²) in [6.07, 6.45) is 1.24. The summed E-state index contributed by atoms with van der Waals surface area (Å²) in [5.41, 5.74) is 2.96. The summed E-state index contributed by atoms with van der Waals surface area (Å²) in [5.74, 6) is 0.671. The summed E-state index contributed by atoms with van der Waals surface area (Å²) in [6, 6.07) is 17.9. The molecule has 0 aromatic heterocycles. The number of rotatable bonds is 5. The van der Waals surface area contributed by atoms with E-state index < -0.39 is 0 Å². The van der Waals surface area contributed by atoms with Gasteiger partial charge in [-0.3, -0.25) is 4.79 Å². The number of anilines is 1. The topological polar surface area (TPSA) is 38.3 Å². The highest BCUT2D eigenvalue weighted by molar-refractivity contribution is 9.10. The van der Waals surface area contributed by atoms with Crippen LogP contribution in [-0.4, -0.2) is 13.0 Å². The lowest BCUT2D eigenvalue weighted by molar-refractivity contribution is -0.115. The van der Waals surface area contributed by atoms with E-state index in [1.165, 1.54) is 5.56 Å². The van der Waals surface area contributed by atoms with E-state index in [4.69, 9.17) is 4.74 Å². The molecule has 4 heteroatoms. The Morgan fingerprint density at radius 3 is 2.52 bits per heavy atom. The molecule has 0 aliphatic rings. The Balaban J connectivity index is 1.86. The van der Waals surface area contributed by atoms with Crippen molar-refractivity contribution in [1.29, 1.82) is 0 Å². The van der Waals surface area contributed by atoms with Crippen LogP contribution in [-0.2, 0) is 17.6 Å². The SMILES string of the molecule is CCc1ccc(NC(=O)Cc2c(OC)ccc3cc(Br)ccc23)cc1. The van der Waals surface area contributed by atoms with Gasteiger partial charge >= 0.3 is 0 Å². The third-order valence-electron chi connectivity index (χ3n) is 4.25. The molecule has 0 unspecified atom stereocenters. The van der Waals surface area contributed by atoms with E-state index >= 15 is 0 Å². The molecule has 0 aliphatic carbocycles. The average Bonchev–Trinajstić information content (AvgIpc) is 2.62. The summed E-state index contributed by atoms with van der Waals surface area (Å²) in [7, 11) is 1.63. The number of carbonyl (C=O) groups excluding carboxylic acids is 1. The summed E-state index contributed by atoms with van der Waals surface area (Å²) < 4.78 is 6.48. The monoisotopic (exact) mass is 397 g/mol. The maximum Gasteiger partial charge on any atom is 0.228 e. The minimum atomic E-state index is -0.0574. The fraction of sp³-hybridized carbons (Fsp3) is 0.190. The molecule has 3 rings (SSSR count). The van der Waals surface area contributed by atoms with Crippen LogP contribution in [0.15, 0.2) is 59.1 Å². The lowest BCUT2D eigenvalue weighted by atomic mass is 10.0. The number of hydrogen-bond donors (Lipinski definition) is 1. The van der Waals surface area contributed by atoms with Gasteiger partial charge in [0, 0.05) is 15.7 Å². The molecule has 0 saturated carbocycles. The third kappa shape index (κ3) is 4.02. The maximum atomic E-state index is 12.5. The van der Waals surface area contributed by atoms with E-state index in [1.807, 2.05) is 54.6 Å². The molecule has 0 heterocycles. The first-order valence-electron chi connectivity index (χ1n) is 8.24. The molecular weight excluding hydrogens is 378 g/mol. The Bertz CT molecular complexity index is 904. The number of amides is 1. The van der Waals surface area contributed by atoms with Gasteiger partial charge in [-0.15, -0.1) is 0 Å². The molecule has 3 aromatic rings. The highest BCUT2D eigenvalue weighted by atomic mass is 79.9. The van der Waals surface area contributed by atoms with Crippen molar-refractivity contribution in [3.8, 4) is 5.75 Å². The largest absolute Gasteiger partial charge is 0.496 e. The van der Waals surface area contributed by atoms with E-state index in [-0.39, 0.29) is 12.3 Å². The van der Waals surface area contributed by atoms with Crippen LogP contribution in [0.25, 0.3) is 10.8 Å². The van der Waals surface area contributed by atoms with Crippen LogP contribution in [0.5, 0.6) is 5.75 Å². The van der Waals surface area contributed by atoms with E-state index in [1.54, 1.807) is 7.11 Å². The van der Waals surface area contributed by atoms with Crippen molar-refractivity contribution < 1.29 is 9.53 Å². The summed E-state index contributed by atoms with van der Waals surface area (Å²) >= 11 is 3.49. The summed E-state index contributed by atoms with van der Waals surface area (Å²) in [6.45, 7) is 2.11. The second kappa shape index (κ2) is 7.70. The lowest BCUT2D eigenvalue weighted by Gasteiger charge is -2.13. The minimum absolute atomic E-state index is 0.0574. The van der Waals surface area contributed by atoms with Crippen LogP contribution in [0.2, 0.25) is 0 Å². The maximum absolute atomic E-state index is 12.5. The van der Waals surface area contributed by atoms with Crippen LogP contribution in [0.1, 0.15) is 18.1 Å². The quantitative estimate of drug-likeness (QED) is 0.629. The second-order valence-corrected chi connectivity index (χ2v) is 6.80. The average molecular weight is 398 g/mol. The molecule has 0 aliphatic heterocycles. The predicted octanol–water partition coefficient (Wildman–Crippen LogP) is 5.35. The summed E-state index contributed by atoms with van der Waals surface area (Å²) in [4.78, 5) is 12.5. The van der Waals surface area contributed by atoms with Gasteiger partial charge in [-0.1, -0.05) is 47.1 Å². The lowest BCUT2D eigenvalue weighted by Crippen LogP contribution is -2.15. The van der Waals surface area contributed by atoms with Crippen LogP contribution in [0.3, 0.4) is 0 Å². The molecule has 0 saturated heterocycles. The molecule has 0 fully saturated rings. The molecular formula is C21H20BrNO2. The number of nitrogens with one attached hydrogen (secondary N) is 1. The van der Waals surface area contributed by atoms with Crippen molar-refractivity contribution in [1.82, 2.24) is 0 Å². The van der Waals surface area contributed by atoms with Crippen molar-refractivity contribution >= 4 is 38.3 Å². The first kappa shape index (κ1) is 17.5. The molecule has 1 amide bonds. The molecule has 0 atom stereocenters. The summed E-state index contributed by atoms with van der Waals surface area (Å²) in [5, 5.41) is 5.07. The Labute approximate surface area is 156 Å². The van der Waals surface area contributed by atoms with Gasteiger partial charge < -0.3 is 10.1 Å². The first-order valence-corrected chi connectivity index (χ1v) is 9.04. The number of ether oxygens (including phenoxy) is 1. The van der Waals surface area contributed by atoms with Gasteiger partial charge in [0.2, 0.25) is 5.91 Å². The number of benzene rings is 3. The molecule has 3 aromatic carbocycles. The number of methoxy groups -OCH3 is 1. The highest BCUT2D eigenvalue weighted by Crippen LogP contribution is 2.30. The number of halogens is 1. The standard InChI is InChI=1S/C21H20BrNO2/c1-3-14-4-8-17(9-5-14)23-21(24)13-19-18-10-7-16(22)12-15(18)6-11-20(19)25-2/h4-12H,3,13H2,1-2H3,(H,23,24). The number of fused-ring (bicyclic) bond motifs is 1. The third-order valence-corrected chi connectivity index (χ3v) is 4.75. The normalized spacial score (nSPS) is 10.7. The van der Waals surface area contributed by atoms with Crippen LogP contribution in [0, 0.1) is 0 Å². The van der Waals surface area contributed by atoms with Gasteiger partial charge in [-0.05, 0) is 53.1 Å². The molecule has 128 valence electrons. The minimum Gasteiger partial charge on any atom is -0.496 e. The van der Waals surface area contributed by atoms with E-state index in [0.29, 0.717) is 0 Å². The van der Waals surface area contributed by atoms with Crippen LogP contribution in [0.4, 0.5) is 5.69 Å². The van der Waals surface area contributed by atoms with Crippen LogP contribution < -0.4 is 10.1 Å². The van der Waals surface area contributed by atoms with Crippen molar-refractivity contribution in [3.05, 3.63) is 70.2 Å². The van der Waals surface area contributed by atoms with Crippen molar-refractivity contribution in [2.45, 2.75) is 19.8 Å². The smallest absolute Gasteiger partial charge is 0.228 e. The Morgan fingerprint density at radius 2 is 1.84 bits per heavy atom. The molecule has 0 bridgehead atoms. The van der Waals surface area contributed by atoms with Gasteiger partial charge in [0.1, 0.15) is 5.75 Å². The Kier molecular flexibility index (Phi) is 5.39. The first-order chi connectivity index (χ1) is 12.1. The van der Waals surface area contributed by atoms with Gasteiger partial charge in [0.25, 0.3) is 0 Å². The Morgan fingerprint density at radius 1 is 1.08 bits per heavy atom. The van der Waals surface area contributed by atoms with Gasteiger partial charge in [0.05, 0.1) is 13.5 Å². The van der Waals surface area contributed by atoms with E-state index in [9.17, 15) is 4.79 Å². The second-order valence-electron chi connectivity index (χ2n) is 5.89. The molecule has 3 nitrogen and oxygen atoms in total. The van der Waals surface area contributed by atoms with Gasteiger partial charge in [-0.2, -0.15) is 0 Å². The zero-order valence-electron chi connectivity index (χ0n) is 14.3. The molecule has 0 radical (unpaired) electrons. The number of hydrogen-bond acceptors (Lipinski definition) is 2. The zero-order chi connectivity index (χ0) is 17.8. The fourth-order valence-electron chi connectivity index (χ4n) is 2.91. The van der Waals surface area contributed by atoms with Crippen molar-refractivity contribution in [2.24, 2.45) is 0 Å². The van der Waals surface area contributed by atoms with Crippen molar-refractivity contribution in [2.75, 3.05) is 12.4 Å². The Hall–Kier alpha value is -2.33. The van der Waals surface area contributed by atoms with Crippen LogP contribution >= 0.6 is 15.9 Å². The molecule has 1 N–H and O–H groups in total. The number of aryl methyl sites for hydroxylation is 1. The highest BCUT2D eigenvalue weighted by Gasteiger charge is 2.13. The predicted molar refractivity (Wildman–Crippen MR) is 106 cm³/mol. The van der Waals surface area contributed by atoms with Crippen molar-refractivity contribution in [3.63, 3.8) is 0 Å².